The molecule has 1 rings (SSSR count). The van der Waals surface area contributed by atoms with Crippen molar-refractivity contribution in [2.24, 2.45) is 5.41 Å². The first kappa shape index (κ1) is 11.5. The lowest BCUT2D eigenvalue weighted by atomic mass is 9.93. The van der Waals surface area contributed by atoms with Gasteiger partial charge in [0.15, 0.2) is 0 Å². The van der Waals surface area contributed by atoms with Crippen LogP contribution in [0, 0.1) is 10.8 Å². The van der Waals surface area contributed by atoms with Gasteiger partial charge in [0.25, 0.3) is 0 Å². The first-order valence-corrected chi connectivity index (χ1v) is 5.33. The normalized spacial score (nSPS) is 23.9. The highest BCUT2D eigenvalue weighted by molar-refractivity contribution is 5.84. The second-order valence-corrected chi connectivity index (χ2v) is 5.41. The number of nitrogens with one attached hydrogen (secondary N) is 1. The van der Waals surface area contributed by atoms with Gasteiger partial charge in [-0.05, 0) is 20.0 Å². The van der Waals surface area contributed by atoms with Gasteiger partial charge in [-0.15, -0.1) is 0 Å². The van der Waals surface area contributed by atoms with Crippen LogP contribution in [0.3, 0.4) is 0 Å². The van der Waals surface area contributed by atoms with Crippen molar-refractivity contribution in [2.45, 2.75) is 33.2 Å². The van der Waals surface area contributed by atoms with Crippen molar-refractivity contribution in [3.63, 3.8) is 0 Å². The monoisotopic (exact) mass is 197 g/mol. The zero-order valence-electron chi connectivity index (χ0n) is 10.1. The number of rotatable bonds is 1. The highest BCUT2D eigenvalue weighted by atomic mass is 15.3. The predicted molar refractivity (Wildman–Crippen MR) is 60.8 cm³/mol. The molecule has 1 aliphatic rings. The van der Waals surface area contributed by atoms with E-state index >= 15 is 0 Å². The summed E-state index contributed by atoms with van der Waals surface area (Å²) >= 11 is 0. The van der Waals surface area contributed by atoms with Crippen molar-refractivity contribution in [1.82, 2.24) is 9.80 Å². The third kappa shape index (κ3) is 2.47. The molecule has 0 aromatic carbocycles. The van der Waals surface area contributed by atoms with Crippen molar-refractivity contribution < 1.29 is 0 Å². The molecule has 0 aromatic heterocycles. The zero-order valence-corrected chi connectivity index (χ0v) is 10.1. The van der Waals surface area contributed by atoms with Crippen LogP contribution in [-0.4, -0.2) is 48.9 Å². The fourth-order valence-electron chi connectivity index (χ4n) is 1.94. The first-order chi connectivity index (χ1) is 6.32. The molecule has 14 heavy (non-hydrogen) atoms. The molecule has 0 bridgehead atoms. The molecule has 1 unspecified atom stereocenters. The van der Waals surface area contributed by atoms with Crippen LogP contribution in [0.25, 0.3) is 0 Å². The van der Waals surface area contributed by atoms with E-state index in [0.29, 0.717) is 6.04 Å². The molecule has 1 N–H and O–H groups in total. The molecule has 0 radical (unpaired) electrons. The molecule has 3 heteroatoms. The molecule has 0 aliphatic carbocycles. The molecule has 1 atom stereocenters. The Labute approximate surface area is 87.6 Å². The molecule has 3 nitrogen and oxygen atoms in total. The van der Waals surface area contributed by atoms with E-state index in [1.807, 2.05) is 0 Å². The van der Waals surface area contributed by atoms with Gasteiger partial charge in [-0.3, -0.25) is 5.41 Å². The minimum atomic E-state index is -0.0318. The molecule has 0 spiro atoms. The van der Waals surface area contributed by atoms with Gasteiger partial charge in [-0.2, -0.15) is 0 Å². The Kier molecular flexibility index (Phi) is 3.20. The number of amidine groups is 1. The maximum atomic E-state index is 8.08. The van der Waals surface area contributed by atoms with Crippen LogP contribution >= 0.6 is 0 Å². The lowest BCUT2D eigenvalue weighted by Crippen LogP contribution is -2.43. The Morgan fingerprint density at radius 1 is 1.43 bits per heavy atom. The number of hydrogen-bond donors (Lipinski definition) is 1. The fourth-order valence-corrected chi connectivity index (χ4v) is 1.94. The van der Waals surface area contributed by atoms with E-state index in [2.05, 4.69) is 44.7 Å². The van der Waals surface area contributed by atoms with Gasteiger partial charge in [0.1, 0.15) is 5.84 Å². The minimum Gasteiger partial charge on any atom is -0.359 e. The van der Waals surface area contributed by atoms with Gasteiger partial charge in [-0.25, -0.2) is 0 Å². The molecular formula is C11H23N3. The summed E-state index contributed by atoms with van der Waals surface area (Å²) in [6.07, 6.45) is 1.19. The molecule has 0 amide bonds. The number of hydrogen-bond acceptors (Lipinski definition) is 2. The first-order valence-electron chi connectivity index (χ1n) is 5.33. The molecule has 1 saturated heterocycles. The van der Waals surface area contributed by atoms with Crippen LogP contribution < -0.4 is 0 Å². The predicted octanol–water partition coefficient (Wildman–Crippen LogP) is 1.65. The largest absolute Gasteiger partial charge is 0.359 e. The van der Waals surface area contributed by atoms with Gasteiger partial charge in [0.2, 0.25) is 0 Å². The van der Waals surface area contributed by atoms with Gasteiger partial charge < -0.3 is 9.80 Å². The number of likely N-dealkylation sites (N-methyl/N-ethyl adjacent to an activating group) is 2. The van der Waals surface area contributed by atoms with Crippen molar-refractivity contribution in [3.05, 3.63) is 0 Å². The minimum absolute atomic E-state index is 0.0318. The number of likely N-dealkylation sites (tertiary alicyclic amines) is 1. The maximum absolute atomic E-state index is 8.08. The summed E-state index contributed by atoms with van der Waals surface area (Å²) in [6, 6.07) is 0.534. The molecule has 0 saturated carbocycles. The Morgan fingerprint density at radius 2 is 2.00 bits per heavy atom. The second kappa shape index (κ2) is 3.89. The van der Waals surface area contributed by atoms with E-state index in [1.54, 1.807) is 0 Å². The van der Waals surface area contributed by atoms with Crippen LogP contribution in [0.4, 0.5) is 0 Å². The molecule has 82 valence electrons. The van der Waals surface area contributed by atoms with E-state index in [-0.39, 0.29) is 5.41 Å². The summed E-state index contributed by atoms with van der Waals surface area (Å²) in [4.78, 5) is 4.47. The van der Waals surface area contributed by atoms with Crippen LogP contribution in [0.5, 0.6) is 0 Å². The summed E-state index contributed by atoms with van der Waals surface area (Å²) in [5.41, 5.74) is -0.0318. The van der Waals surface area contributed by atoms with Crippen molar-refractivity contribution >= 4 is 5.84 Å². The lowest BCUT2D eigenvalue weighted by Gasteiger charge is -2.33. The quantitative estimate of drug-likeness (QED) is 0.512. The maximum Gasteiger partial charge on any atom is 0.101 e. The van der Waals surface area contributed by atoms with Crippen LogP contribution in [0.2, 0.25) is 0 Å². The standard InChI is InChI=1S/C11H23N3/c1-11(2,3)10(12)14(5)9-6-7-13(4)8-9/h9,12H,6-8H2,1-5H3. The summed E-state index contributed by atoms with van der Waals surface area (Å²) in [6.45, 7) is 8.56. The van der Waals surface area contributed by atoms with Crippen LogP contribution in [-0.2, 0) is 0 Å². The van der Waals surface area contributed by atoms with Crippen LogP contribution in [0.1, 0.15) is 27.2 Å². The van der Waals surface area contributed by atoms with Gasteiger partial charge in [0, 0.05) is 25.0 Å². The molecule has 1 fully saturated rings. The average molecular weight is 197 g/mol. The highest BCUT2D eigenvalue weighted by Crippen LogP contribution is 2.21. The Bertz CT molecular complexity index is 217. The van der Waals surface area contributed by atoms with Gasteiger partial charge in [-0.1, -0.05) is 20.8 Å². The van der Waals surface area contributed by atoms with E-state index in [9.17, 15) is 0 Å². The van der Waals surface area contributed by atoms with E-state index in [0.717, 1.165) is 18.9 Å². The topological polar surface area (TPSA) is 30.3 Å². The average Bonchev–Trinajstić information content (AvgIpc) is 2.47. The SMILES string of the molecule is CN1CCC(N(C)C(=N)C(C)(C)C)C1. The summed E-state index contributed by atoms with van der Waals surface area (Å²) < 4.78 is 0. The van der Waals surface area contributed by atoms with E-state index in [1.165, 1.54) is 6.42 Å². The lowest BCUT2D eigenvalue weighted by molar-refractivity contribution is 0.316. The van der Waals surface area contributed by atoms with Gasteiger partial charge in [0.05, 0.1) is 0 Å². The highest BCUT2D eigenvalue weighted by Gasteiger charge is 2.29. The Morgan fingerprint density at radius 3 is 2.36 bits per heavy atom. The Balaban J connectivity index is 2.57. The zero-order chi connectivity index (χ0) is 10.9. The van der Waals surface area contributed by atoms with Crippen molar-refractivity contribution in [2.75, 3.05) is 27.2 Å². The summed E-state index contributed by atoms with van der Waals surface area (Å²) in [7, 11) is 4.20. The number of nitrogens with zero attached hydrogens (tertiary/aromatic N) is 2. The second-order valence-electron chi connectivity index (χ2n) is 5.41. The van der Waals surface area contributed by atoms with E-state index < -0.39 is 0 Å². The molecular weight excluding hydrogens is 174 g/mol. The van der Waals surface area contributed by atoms with Crippen LogP contribution in [0.15, 0.2) is 0 Å². The Hall–Kier alpha value is -0.570. The van der Waals surface area contributed by atoms with E-state index in [4.69, 9.17) is 5.41 Å². The third-order valence-corrected chi connectivity index (χ3v) is 2.98. The fraction of sp³-hybridized carbons (Fsp3) is 0.909. The molecule has 1 heterocycles. The smallest absolute Gasteiger partial charge is 0.101 e. The summed E-state index contributed by atoms with van der Waals surface area (Å²) in [5.74, 6) is 0.748. The van der Waals surface area contributed by atoms with Crippen molar-refractivity contribution in [1.29, 1.82) is 5.41 Å². The molecule has 0 aromatic rings. The van der Waals surface area contributed by atoms with Gasteiger partial charge >= 0.3 is 0 Å². The molecule has 1 aliphatic heterocycles. The summed E-state index contributed by atoms with van der Waals surface area (Å²) in [5, 5.41) is 8.08. The van der Waals surface area contributed by atoms with Crippen molar-refractivity contribution in [3.8, 4) is 0 Å². The third-order valence-electron chi connectivity index (χ3n) is 2.98.